The van der Waals surface area contributed by atoms with Crippen LogP contribution in [0.15, 0.2) is 18.2 Å². The SMILES string of the molecule is CCOC(=O)C1(N)CCCc2ccc(OC)cc21. The summed E-state index contributed by atoms with van der Waals surface area (Å²) in [4.78, 5) is 12.1. The first-order valence-electron chi connectivity index (χ1n) is 6.25. The average molecular weight is 249 g/mol. The summed E-state index contributed by atoms with van der Waals surface area (Å²) in [5, 5.41) is 0. The third kappa shape index (κ3) is 2.08. The summed E-state index contributed by atoms with van der Waals surface area (Å²) < 4.78 is 10.3. The van der Waals surface area contributed by atoms with Gasteiger partial charge in [-0.3, -0.25) is 0 Å². The lowest BCUT2D eigenvalue weighted by Crippen LogP contribution is -2.48. The Labute approximate surface area is 107 Å². The van der Waals surface area contributed by atoms with Gasteiger partial charge in [-0.15, -0.1) is 0 Å². The summed E-state index contributed by atoms with van der Waals surface area (Å²) in [6.07, 6.45) is 2.46. The lowest BCUT2D eigenvalue weighted by Gasteiger charge is -2.33. The average Bonchev–Trinajstić information content (AvgIpc) is 2.39. The number of benzene rings is 1. The molecule has 0 amide bonds. The third-order valence-corrected chi connectivity index (χ3v) is 3.45. The molecule has 0 radical (unpaired) electrons. The molecule has 1 unspecified atom stereocenters. The molecule has 1 aliphatic carbocycles. The Kier molecular flexibility index (Phi) is 3.57. The van der Waals surface area contributed by atoms with Gasteiger partial charge in [-0.2, -0.15) is 0 Å². The molecule has 2 N–H and O–H groups in total. The van der Waals surface area contributed by atoms with Crippen molar-refractivity contribution in [2.75, 3.05) is 13.7 Å². The molecule has 0 saturated carbocycles. The van der Waals surface area contributed by atoms with Crippen LogP contribution in [-0.4, -0.2) is 19.7 Å². The topological polar surface area (TPSA) is 61.5 Å². The second kappa shape index (κ2) is 4.98. The first-order chi connectivity index (χ1) is 8.61. The fourth-order valence-corrected chi connectivity index (χ4v) is 2.48. The fourth-order valence-electron chi connectivity index (χ4n) is 2.48. The molecule has 0 aromatic heterocycles. The summed E-state index contributed by atoms with van der Waals surface area (Å²) in [5.41, 5.74) is 7.21. The van der Waals surface area contributed by atoms with E-state index in [4.69, 9.17) is 15.2 Å². The quantitative estimate of drug-likeness (QED) is 0.829. The maximum Gasteiger partial charge on any atom is 0.330 e. The molecule has 18 heavy (non-hydrogen) atoms. The Morgan fingerprint density at radius 3 is 2.94 bits per heavy atom. The van der Waals surface area contributed by atoms with Gasteiger partial charge in [-0.1, -0.05) is 6.07 Å². The van der Waals surface area contributed by atoms with Crippen molar-refractivity contribution in [3.8, 4) is 5.75 Å². The number of hydrogen-bond acceptors (Lipinski definition) is 4. The predicted octanol–water partition coefficient (Wildman–Crippen LogP) is 1.75. The summed E-state index contributed by atoms with van der Waals surface area (Å²) >= 11 is 0. The second-order valence-corrected chi connectivity index (χ2v) is 4.57. The zero-order chi connectivity index (χ0) is 13.2. The van der Waals surface area contributed by atoms with Gasteiger partial charge in [0.2, 0.25) is 0 Å². The van der Waals surface area contributed by atoms with Gasteiger partial charge >= 0.3 is 5.97 Å². The van der Waals surface area contributed by atoms with E-state index in [-0.39, 0.29) is 5.97 Å². The highest BCUT2D eigenvalue weighted by molar-refractivity contribution is 5.83. The van der Waals surface area contributed by atoms with E-state index in [0.29, 0.717) is 13.0 Å². The maximum absolute atomic E-state index is 12.1. The zero-order valence-corrected chi connectivity index (χ0v) is 10.9. The molecule has 4 heteroatoms. The summed E-state index contributed by atoms with van der Waals surface area (Å²) in [6, 6.07) is 5.73. The van der Waals surface area contributed by atoms with Crippen molar-refractivity contribution in [2.24, 2.45) is 5.73 Å². The normalized spacial score (nSPS) is 22.2. The zero-order valence-electron chi connectivity index (χ0n) is 10.9. The van der Waals surface area contributed by atoms with Crippen LogP contribution < -0.4 is 10.5 Å². The van der Waals surface area contributed by atoms with Crippen LogP contribution >= 0.6 is 0 Å². The minimum Gasteiger partial charge on any atom is -0.497 e. The van der Waals surface area contributed by atoms with Crippen LogP contribution in [0.5, 0.6) is 5.75 Å². The highest BCUT2D eigenvalue weighted by atomic mass is 16.5. The van der Waals surface area contributed by atoms with E-state index < -0.39 is 5.54 Å². The van der Waals surface area contributed by atoms with Crippen molar-refractivity contribution >= 4 is 5.97 Å². The third-order valence-electron chi connectivity index (χ3n) is 3.45. The molecule has 0 saturated heterocycles. The van der Waals surface area contributed by atoms with Gasteiger partial charge in [0, 0.05) is 0 Å². The van der Waals surface area contributed by atoms with Gasteiger partial charge in [0.1, 0.15) is 11.3 Å². The van der Waals surface area contributed by atoms with Gasteiger partial charge < -0.3 is 15.2 Å². The largest absolute Gasteiger partial charge is 0.497 e. The lowest BCUT2D eigenvalue weighted by molar-refractivity contribution is -0.150. The van der Waals surface area contributed by atoms with Gasteiger partial charge in [-0.05, 0) is 49.4 Å². The monoisotopic (exact) mass is 249 g/mol. The molecule has 0 bridgehead atoms. The highest BCUT2D eigenvalue weighted by Gasteiger charge is 2.41. The van der Waals surface area contributed by atoms with Crippen LogP contribution in [0, 0.1) is 0 Å². The number of hydrogen-bond donors (Lipinski definition) is 1. The summed E-state index contributed by atoms with van der Waals surface area (Å²) in [5.74, 6) is 0.369. The number of ether oxygens (including phenoxy) is 2. The molecule has 1 aromatic carbocycles. The Morgan fingerprint density at radius 2 is 2.28 bits per heavy atom. The van der Waals surface area contributed by atoms with Crippen molar-refractivity contribution in [2.45, 2.75) is 31.7 Å². The van der Waals surface area contributed by atoms with E-state index >= 15 is 0 Å². The van der Waals surface area contributed by atoms with Crippen molar-refractivity contribution in [1.29, 1.82) is 0 Å². The van der Waals surface area contributed by atoms with Gasteiger partial charge in [-0.25, -0.2) is 4.79 Å². The van der Waals surface area contributed by atoms with Crippen molar-refractivity contribution in [3.63, 3.8) is 0 Å². The first kappa shape index (κ1) is 12.9. The Hall–Kier alpha value is -1.55. The van der Waals surface area contributed by atoms with E-state index in [1.807, 2.05) is 18.2 Å². The van der Waals surface area contributed by atoms with Crippen LogP contribution in [0.4, 0.5) is 0 Å². The van der Waals surface area contributed by atoms with Crippen molar-refractivity contribution in [1.82, 2.24) is 0 Å². The summed E-state index contributed by atoms with van der Waals surface area (Å²) in [7, 11) is 1.60. The van der Waals surface area contributed by atoms with Crippen LogP contribution in [0.3, 0.4) is 0 Å². The van der Waals surface area contributed by atoms with Crippen LogP contribution in [0.1, 0.15) is 30.9 Å². The Balaban J connectivity index is 2.45. The van der Waals surface area contributed by atoms with Gasteiger partial charge in [0.05, 0.1) is 13.7 Å². The van der Waals surface area contributed by atoms with E-state index in [1.165, 1.54) is 0 Å². The molecule has 4 nitrogen and oxygen atoms in total. The Morgan fingerprint density at radius 1 is 1.50 bits per heavy atom. The molecule has 0 aliphatic heterocycles. The molecule has 1 aliphatic rings. The molecule has 0 spiro atoms. The molecule has 98 valence electrons. The van der Waals surface area contributed by atoms with E-state index in [2.05, 4.69) is 0 Å². The number of carbonyl (C=O) groups is 1. The number of nitrogens with two attached hydrogens (primary N) is 1. The van der Waals surface area contributed by atoms with Gasteiger partial charge in [0.15, 0.2) is 0 Å². The van der Waals surface area contributed by atoms with E-state index in [0.717, 1.165) is 29.7 Å². The molecule has 0 fully saturated rings. The van der Waals surface area contributed by atoms with Gasteiger partial charge in [0.25, 0.3) is 0 Å². The fraction of sp³-hybridized carbons (Fsp3) is 0.500. The van der Waals surface area contributed by atoms with Crippen molar-refractivity contribution in [3.05, 3.63) is 29.3 Å². The van der Waals surface area contributed by atoms with Crippen LogP contribution in [-0.2, 0) is 21.5 Å². The Bertz CT molecular complexity index is 458. The molecular formula is C14H19NO3. The molecule has 0 heterocycles. The standard InChI is InChI=1S/C14H19NO3/c1-3-18-13(16)14(15)8-4-5-10-6-7-11(17-2)9-12(10)14/h6-7,9H,3-5,8,15H2,1-2H3. The first-order valence-corrected chi connectivity index (χ1v) is 6.25. The maximum atomic E-state index is 12.1. The lowest BCUT2D eigenvalue weighted by atomic mass is 9.77. The smallest absolute Gasteiger partial charge is 0.330 e. The highest BCUT2D eigenvalue weighted by Crippen LogP contribution is 2.36. The van der Waals surface area contributed by atoms with E-state index in [1.54, 1.807) is 14.0 Å². The minimum absolute atomic E-state index is 0.344. The minimum atomic E-state index is -1.03. The number of esters is 1. The van der Waals surface area contributed by atoms with Crippen LogP contribution in [0.25, 0.3) is 0 Å². The molecular weight excluding hydrogens is 230 g/mol. The van der Waals surface area contributed by atoms with E-state index in [9.17, 15) is 4.79 Å². The number of aryl methyl sites for hydroxylation is 1. The molecule has 1 aromatic rings. The van der Waals surface area contributed by atoms with Crippen molar-refractivity contribution < 1.29 is 14.3 Å². The summed E-state index contributed by atoms with van der Waals surface area (Å²) in [6.45, 7) is 2.13. The number of methoxy groups -OCH3 is 1. The predicted molar refractivity (Wildman–Crippen MR) is 68.4 cm³/mol. The van der Waals surface area contributed by atoms with Crippen LogP contribution in [0.2, 0.25) is 0 Å². The molecule has 1 atom stereocenters. The number of rotatable bonds is 3. The number of fused-ring (bicyclic) bond motifs is 1. The molecule has 2 rings (SSSR count). The number of carbonyl (C=O) groups excluding carboxylic acids is 1. The second-order valence-electron chi connectivity index (χ2n) is 4.57.